The average molecular weight is 246 g/mol. The molecule has 0 aliphatic rings. The lowest BCUT2D eigenvalue weighted by molar-refractivity contribution is -0.115. The van der Waals surface area contributed by atoms with E-state index in [9.17, 15) is 4.79 Å². The summed E-state index contributed by atoms with van der Waals surface area (Å²) >= 11 is 1.66. The molecule has 0 bridgehead atoms. The quantitative estimate of drug-likeness (QED) is 0.870. The molecule has 1 aromatic carbocycles. The third-order valence-corrected chi connectivity index (χ3v) is 3.23. The Morgan fingerprint density at radius 1 is 1.24 bits per heavy atom. The van der Waals surface area contributed by atoms with Gasteiger partial charge in [-0.15, -0.1) is 11.3 Å². The lowest BCUT2D eigenvalue weighted by Crippen LogP contribution is -2.25. The van der Waals surface area contributed by atoms with Crippen molar-refractivity contribution in [1.29, 1.82) is 0 Å². The number of thiophene rings is 1. The molecule has 2 N–H and O–H groups in total. The van der Waals surface area contributed by atoms with Crippen molar-refractivity contribution in [2.24, 2.45) is 0 Å². The fourth-order valence-corrected chi connectivity index (χ4v) is 2.36. The Hall–Kier alpha value is -1.65. The number of para-hydroxylation sites is 1. The summed E-state index contributed by atoms with van der Waals surface area (Å²) in [6, 6.07) is 11.9. The molecule has 0 aliphatic heterocycles. The van der Waals surface area contributed by atoms with Crippen molar-refractivity contribution in [2.45, 2.75) is 0 Å². The zero-order valence-corrected chi connectivity index (χ0v) is 10.4. The van der Waals surface area contributed by atoms with Crippen molar-refractivity contribution >= 4 is 22.9 Å². The molecule has 2 rings (SSSR count). The lowest BCUT2D eigenvalue weighted by Gasteiger charge is -2.09. The van der Waals surface area contributed by atoms with Crippen LogP contribution in [0.5, 0.6) is 0 Å². The van der Waals surface area contributed by atoms with Gasteiger partial charge in [-0.25, -0.2) is 0 Å². The predicted molar refractivity (Wildman–Crippen MR) is 72.3 cm³/mol. The summed E-state index contributed by atoms with van der Waals surface area (Å²) in [5.74, 6) is -0.0310. The van der Waals surface area contributed by atoms with Crippen molar-refractivity contribution in [1.82, 2.24) is 5.32 Å². The Labute approximate surface area is 104 Å². The minimum absolute atomic E-state index is 0.0310. The van der Waals surface area contributed by atoms with E-state index in [1.807, 2.05) is 41.8 Å². The number of amides is 1. The fourth-order valence-electron chi connectivity index (χ4n) is 1.59. The Balaban J connectivity index is 2.25. The molecule has 2 aromatic rings. The van der Waals surface area contributed by atoms with E-state index in [1.54, 1.807) is 18.4 Å². The number of nitrogens with one attached hydrogen (secondary N) is 2. The summed E-state index contributed by atoms with van der Waals surface area (Å²) in [6.07, 6.45) is 0. The van der Waals surface area contributed by atoms with Gasteiger partial charge in [0.2, 0.25) is 5.91 Å². The number of hydrogen-bond donors (Lipinski definition) is 2. The third-order valence-electron chi connectivity index (χ3n) is 2.33. The van der Waals surface area contributed by atoms with Gasteiger partial charge in [0.05, 0.1) is 6.54 Å². The first-order valence-corrected chi connectivity index (χ1v) is 6.26. The predicted octanol–water partition coefficient (Wildman–Crippen LogP) is 2.57. The molecule has 0 fully saturated rings. The molecule has 0 spiro atoms. The number of rotatable bonds is 4. The Kier molecular flexibility index (Phi) is 3.90. The van der Waals surface area contributed by atoms with Gasteiger partial charge in [0.1, 0.15) is 0 Å². The summed E-state index contributed by atoms with van der Waals surface area (Å²) in [5, 5.41) is 7.77. The molecule has 0 aliphatic carbocycles. The molecule has 1 aromatic heterocycles. The van der Waals surface area contributed by atoms with Crippen LogP contribution in [0.1, 0.15) is 0 Å². The highest BCUT2D eigenvalue weighted by Gasteiger charge is 2.07. The van der Waals surface area contributed by atoms with Crippen molar-refractivity contribution in [2.75, 3.05) is 18.9 Å². The van der Waals surface area contributed by atoms with Crippen LogP contribution in [0.2, 0.25) is 0 Å². The summed E-state index contributed by atoms with van der Waals surface area (Å²) in [6.45, 7) is 0.318. The number of carbonyl (C=O) groups is 1. The van der Waals surface area contributed by atoms with Gasteiger partial charge >= 0.3 is 0 Å². The molecule has 0 atom stereocenters. The van der Waals surface area contributed by atoms with E-state index in [2.05, 4.69) is 10.6 Å². The SMILES string of the molecule is CNCC(=O)Nc1ccccc1-c1cccs1. The number of likely N-dealkylation sites (N-methyl/N-ethyl adjacent to an activating group) is 1. The van der Waals surface area contributed by atoms with Crippen molar-refractivity contribution in [3.8, 4) is 10.4 Å². The highest BCUT2D eigenvalue weighted by atomic mass is 32.1. The molecular formula is C13H14N2OS. The van der Waals surface area contributed by atoms with E-state index in [0.29, 0.717) is 6.54 Å². The van der Waals surface area contributed by atoms with Crippen LogP contribution in [0.25, 0.3) is 10.4 Å². The maximum absolute atomic E-state index is 11.6. The average Bonchev–Trinajstić information content (AvgIpc) is 2.83. The fraction of sp³-hybridized carbons (Fsp3) is 0.154. The monoisotopic (exact) mass is 246 g/mol. The van der Waals surface area contributed by atoms with Crippen LogP contribution >= 0.6 is 11.3 Å². The van der Waals surface area contributed by atoms with Gasteiger partial charge < -0.3 is 10.6 Å². The Morgan fingerprint density at radius 3 is 2.76 bits per heavy atom. The van der Waals surface area contributed by atoms with Gasteiger partial charge in [0.25, 0.3) is 0 Å². The van der Waals surface area contributed by atoms with Crippen LogP contribution in [0, 0.1) is 0 Å². The van der Waals surface area contributed by atoms with Crippen LogP contribution < -0.4 is 10.6 Å². The van der Waals surface area contributed by atoms with Crippen molar-refractivity contribution in [3.05, 3.63) is 41.8 Å². The summed E-state index contributed by atoms with van der Waals surface area (Å²) < 4.78 is 0. The van der Waals surface area contributed by atoms with Gasteiger partial charge in [-0.05, 0) is 24.6 Å². The number of benzene rings is 1. The minimum atomic E-state index is -0.0310. The highest BCUT2D eigenvalue weighted by Crippen LogP contribution is 2.31. The molecule has 88 valence electrons. The van der Waals surface area contributed by atoms with Crippen LogP contribution in [0.15, 0.2) is 41.8 Å². The van der Waals surface area contributed by atoms with E-state index in [0.717, 1.165) is 16.1 Å². The first-order chi connectivity index (χ1) is 8.31. The number of hydrogen-bond acceptors (Lipinski definition) is 3. The van der Waals surface area contributed by atoms with Gasteiger partial charge in [0, 0.05) is 16.1 Å². The summed E-state index contributed by atoms with van der Waals surface area (Å²) in [7, 11) is 1.75. The molecule has 4 heteroatoms. The zero-order chi connectivity index (χ0) is 12.1. The maximum atomic E-state index is 11.6. The van der Waals surface area contributed by atoms with E-state index < -0.39 is 0 Å². The molecule has 3 nitrogen and oxygen atoms in total. The Morgan fingerprint density at radius 2 is 2.06 bits per heavy atom. The molecular weight excluding hydrogens is 232 g/mol. The first-order valence-electron chi connectivity index (χ1n) is 5.38. The van der Waals surface area contributed by atoms with Gasteiger partial charge in [-0.1, -0.05) is 24.3 Å². The van der Waals surface area contributed by atoms with Crippen LogP contribution in [-0.4, -0.2) is 19.5 Å². The second-order valence-electron chi connectivity index (χ2n) is 3.60. The summed E-state index contributed by atoms with van der Waals surface area (Å²) in [4.78, 5) is 12.7. The molecule has 0 saturated heterocycles. The Bertz CT molecular complexity index is 494. The standard InChI is InChI=1S/C13H14N2OS/c1-14-9-13(16)15-11-6-3-2-5-10(11)12-7-4-8-17-12/h2-8,14H,9H2,1H3,(H,15,16). The van der Waals surface area contributed by atoms with Gasteiger partial charge in [0.15, 0.2) is 0 Å². The molecule has 1 amide bonds. The first kappa shape index (κ1) is 11.8. The maximum Gasteiger partial charge on any atom is 0.238 e. The van der Waals surface area contributed by atoms with Crippen LogP contribution in [0.4, 0.5) is 5.69 Å². The molecule has 17 heavy (non-hydrogen) atoms. The number of carbonyl (C=O) groups excluding carboxylic acids is 1. The minimum Gasteiger partial charge on any atom is -0.324 e. The molecule has 1 heterocycles. The molecule has 0 radical (unpaired) electrons. The van der Waals surface area contributed by atoms with Crippen molar-refractivity contribution < 1.29 is 4.79 Å². The molecule has 0 unspecified atom stereocenters. The molecule has 0 saturated carbocycles. The second kappa shape index (κ2) is 5.61. The normalized spacial score (nSPS) is 10.2. The van der Waals surface area contributed by atoms with E-state index in [1.165, 1.54) is 0 Å². The largest absolute Gasteiger partial charge is 0.324 e. The van der Waals surface area contributed by atoms with E-state index >= 15 is 0 Å². The van der Waals surface area contributed by atoms with Crippen molar-refractivity contribution in [3.63, 3.8) is 0 Å². The van der Waals surface area contributed by atoms with Crippen LogP contribution in [0.3, 0.4) is 0 Å². The van der Waals surface area contributed by atoms with Gasteiger partial charge in [-0.2, -0.15) is 0 Å². The van der Waals surface area contributed by atoms with Crippen LogP contribution in [-0.2, 0) is 4.79 Å². The second-order valence-corrected chi connectivity index (χ2v) is 4.55. The third kappa shape index (κ3) is 2.93. The smallest absolute Gasteiger partial charge is 0.238 e. The highest BCUT2D eigenvalue weighted by molar-refractivity contribution is 7.13. The topological polar surface area (TPSA) is 41.1 Å². The zero-order valence-electron chi connectivity index (χ0n) is 9.57. The van der Waals surface area contributed by atoms with E-state index in [-0.39, 0.29) is 5.91 Å². The van der Waals surface area contributed by atoms with E-state index in [4.69, 9.17) is 0 Å². The number of anilines is 1. The van der Waals surface area contributed by atoms with Gasteiger partial charge in [-0.3, -0.25) is 4.79 Å². The summed E-state index contributed by atoms with van der Waals surface area (Å²) in [5.41, 5.74) is 1.92. The lowest BCUT2D eigenvalue weighted by atomic mass is 10.1.